The molecule has 4 aliphatic carbocycles. The smallest absolute Gasteiger partial charge is 0.303 e. The van der Waals surface area contributed by atoms with Crippen molar-refractivity contribution in [1.82, 2.24) is 0 Å². The number of carboxylic acid groups (broad SMARTS) is 1. The predicted molar refractivity (Wildman–Crippen MR) is 118 cm³/mol. The number of fused-ring (bicyclic) bond motifs is 5. The van der Waals surface area contributed by atoms with Crippen molar-refractivity contribution in [2.45, 2.75) is 110 Å². The molecule has 4 nitrogen and oxygen atoms in total. The molecule has 0 bridgehead atoms. The predicted octanol–water partition coefficient (Wildman–Crippen LogP) is 5.26. The van der Waals surface area contributed by atoms with Gasteiger partial charge in [-0.2, -0.15) is 0 Å². The fraction of sp³-hybridized carbons (Fsp3) is 0.962. The molecule has 0 aromatic carbocycles. The Morgan fingerprint density at radius 3 is 2.40 bits per heavy atom. The number of aliphatic carboxylic acids is 1. The second-order valence-corrected chi connectivity index (χ2v) is 12.1. The molecule has 172 valence electrons. The summed E-state index contributed by atoms with van der Waals surface area (Å²) < 4.78 is 0. The zero-order valence-electron chi connectivity index (χ0n) is 19.4. The van der Waals surface area contributed by atoms with E-state index < -0.39 is 5.97 Å². The Balaban J connectivity index is 1.47. The molecule has 3 N–H and O–H groups in total. The van der Waals surface area contributed by atoms with Crippen molar-refractivity contribution in [2.75, 3.05) is 0 Å². The second kappa shape index (κ2) is 8.39. The minimum atomic E-state index is -0.679. The third-order valence-electron chi connectivity index (χ3n) is 10.7. The zero-order valence-corrected chi connectivity index (χ0v) is 19.4. The summed E-state index contributed by atoms with van der Waals surface area (Å²) in [6, 6.07) is 0. The molecule has 4 aliphatic rings. The van der Waals surface area contributed by atoms with Gasteiger partial charge in [0.1, 0.15) is 0 Å². The van der Waals surface area contributed by atoms with E-state index in [-0.39, 0.29) is 12.2 Å². The molecule has 0 aromatic heterocycles. The number of unbranched alkanes of at least 4 members (excludes halogenated alkanes) is 1. The monoisotopic (exact) mass is 420 g/mol. The quantitative estimate of drug-likeness (QED) is 0.512. The Bertz CT molecular complexity index is 635. The van der Waals surface area contributed by atoms with Gasteiger partial charge in [0, 0.05) is 6.42 Å². The van der Waals surface area contributed by atoms with Crippen LogP contribution in [0.1, 0.15) is 97.8 Å². The number of carboxylic acids is 1. The summed E-state index contributed by atoms with van der Waals surface area (Å²) in [5.41, 5.74) is 0.622. The van der Waals surface area contributed by atoms with E-state index in [4.69, 9.17) is 5.11 Å². The fourth-order valence-electron chi connectivity index (χ4n) is 9.12. The third kappa shape index (κ3) is 3.74. The number of aliphatic hydroxyl groups is 2. The number of rotatable bonds is 6. The van der Waals surface area contributed by atoms with Crippen LogP contribution in [0.15, 0.2) is 0 Å². The van der Waals surface area contributed by atoms with Gasteiger partial charge in [0.2, 0.25) is 0 Å². The maximum absolute atomic E-state index is 11.3. The van der Waals surface area contributed by atoms with Crippen LogP contribution in [-0.2, 0) is 4.79 Å². The van der Waals surface area contributed by atoms with Crippen molar-refractivity contribution in [1.29, 1.82) is 0 Å². The fourth-order valence-corrected chi connectivity index (χ4v) is 9.12. The Labute approximate surface area is 182 Å². The highest BCUT2D eigenvalue weighted by molar-refractivity contribution is 5.66. The minimum absolute atomic E-state index is 0.168. The van der Waals surface area contributed by atoms with Crippen molar-refractivity contribution < 1.29 is 20.1 Å². The van der Waals surface area contributed by atoms with E-state index in [9.17, 15) is 15.0 Å². The van der Waals surface area contributed by atoms with Gasteiger partial charge in [-0.1, -0.05) is 33.6 Å². The van der Waals surface area contributed by atoms with Crippen LogP contribution in [-0.4, -0.2) is 33.5 Å². The van der Waals surface area contributed by atoms with E-state index in [1.807, 2.05) is 0 Å². The molecule has 4 heteroatoms. The molecular weight excluding hydrogens is 376 g/mol. The van der Waals surface area contributed by atoms with Gasteiger partial charge in [-0.3, -0.25) is 4.79 Å². The van der Waals surface area contributed by atoms with Crippen molar-refractivity contribution in [2.24, 2.45) is 46.3 Å². The molecule has 0 heterocycles. The summed E-state index contributed by atoms with van der Waals surface area (Å²) in [6.07, 6.45) is 11.7. The molecular formula is C26H44O4. The average Bonchev–Trinajstić information content (AvgIpc) is 3.03. The summed E-state index contributed by atoms with van der Waals surface area (Å²) in [5, 5.41) is 30.5. The van der Waals surface area contributed by atoms with Gasteiger partial charge in [0.25, 0.3) is 0 Å². The molecule has 0 radical (unpaired) electrons. The molecule has 10 atom stereocenters. The van der Waals surface area contributed by atoms with Gasteiger partial charge in [-0.15, -0.1) is 0 Å². The van der Waals surface area contributed by atoms with E-state index >= 15 is 0 Å². The summed E-state index contributed by atoms with van der Waals surface area (Å²) in [7, 11) is 0. The molecule has 0 amide bonds. The largest absolute Gasteiger partial charge is 0.481 e. The normalized spacial score (nSPS) is 49.0. The molecule has 4 rings (SSSR count). The van der Waals surface area contributed by atoms with Gasteiger partial charge in [0.15, 0.2) is 0 Å². The summed E-state index contributed by atoms with van der Waals surface area (Å²) in [6.45, 7) is 7.39. The maximum Gasteiger partial charge on any atom is 0.303 e. The molecule has 4 unspecified atom stereocenters. The second-order valence-electron chi connectivity index (χ2n) is 12.1. The lowest BCUT2D eigenvalue weighted by atomic mass is 9.43. The Hall–Kier alpha value is -0.610. The van der Waals surface area contributed by atoms with Crippen LogP contribution in [0.3, 0.4) is 0 Å². The molecule has 4 saturated carbocycles. The Morgan fingerprint density at radius 1 is 0.967 bits per heavy atom. The number of carbonyl (C=O) groups is 1. The first-order chi connectivity index (χ1) is 14.2. The first-order valence-corrected chi connectivity index (χ1v) is 12.7. The summed E-state index contributed by atoms with van der Waals surface area (Å²) in [5.74, 6) is 2.82. The van der Waals surface area contributed by atoms with E-state index in [0.29, 0.717) is 52.8 Å². The number of hydrogen-bond acceptors (Lipinski definition) is 3. The maximum atomic E-state index is 11.3. The Morgan fingerprint density at radius 2 is 1.67 bits per heavy atom. The van der Waals surface area contributed by atoms with Crippen LogP contribution in [0.2, 0.25) is 0 Å². The van der Waals surface area contributed by atoms with Gasteiger partial charge >= 0.3 is 5.97 Å². The first kappa shape index (κ1) is 22.6. The van der Waals surface area contributed by atoms with Crippen molar-refractivity contribution in [3.8, 4) is 0 Å². The highest BCUT2D eigenvalue weighted by Crippen LogP contribution is 2.68. The summed E-state index contributed by atoms with van der Waals surface area (Å²) in [4.78, 5) is 10.8. The lowest BCUT2D eigenvalue weighted by Crippen LogP contribution is -2.58. The minimum Gasteiger partial charge on any atom is -0.481 e. The van der Waals surface area contributed by atoms with Crippen molar-refractivity contribution >= 4 is 5.97 Å². The average molecular weight is 421 g/mol. The lowest BCUT2D eigenvalue weighted by Gasteiger charge is -2.62. The molecule has 0 aromatic rings. The van der Waals surface area contributed by atoms with E-state index in [0.717, 1.165) is 44.9 Å². The Kier molecular flexibility index (Phi) is 6.31. The van der Waals surface area contributed by atoms with Crippen LogP contribution in [0.5, 0.6) is 0 Å². The van der Waals surface area contributed by atoms with Crippen LogP contribution in [0.4, 0.5) is 0 Å². The zero-order chi connectivity index (χ0) is 21.7. The highest BCUT2D eigenvalue weighted by Gasteiger charge is 2.62. The number of hydrogen-bond donors (Lipinski definition) is 3. The van der Waals surface area contributed by atoms with Gasteiger partial charge < -0.3 is 15.3 Å². The lowest BCUT2D eigenvalue weighted by molar-refractivity contribution is -0.174. The van der Waals surface area contributed by atoms with Crippen molar-refractivity contribution in [3.05, 3.63) is 0 Å². The highest BCUT2D eigenvalue weighted by atomic mass is 16.4. The molecule has 0 spiro atoms. The van der Waals surface area contributed by atoms with Crippen LogP contribution in [0.25, 0.3) is 0 Å². The molecule has 0 saturated heterocycles. The van der Waals surface area contributed by atoms with Crippen LogP contribution in [0, 0.1) is 46.3 Å². The number of aliphatic hydroxyl groups excluding tert-OH is 2. The molecule has 0 aliphatic heterocycles. The van der Waals surface area contributed by atoms with Crippen LogP contribution < -0.4 is 0 Å². The van der Waals surface area contributed by atoms with Gasteiger partial charge in [-0.05, 0) is 104 Å². The SMILES string of the molecule is C[C@H](CCCCC(=O)O)[C@H]1CCC2C3C(CC[C@@]21C)[C@@]1(C)CC[C@@H](O)CC1C[C@@H]3O. The van der Waals surface area contributed by atoms with Gasteiger partial charge in [-0.25, -0.2) is 0 Å². The first-order valence-electron chi connectivity index (χ1n) is 12.7. The van der Waals surface area contributed by atoms with Crippen LogP contribution >= 0.6 is 0 Å². The summed E-state index contributed by atoms with van der Waals surface area (Å²) >= 11 is 0. The topological polar surface area (TPSA) is 77.8 Å². The van der Waals surface area contributed by atoms with Crippen molar-refractivity contribution in [3.63, 3.8) is 0 Å². The van der Waals surface area contributed by atoms with E-state index in [1.165, 1.54) is 25.7 Å². The van der Waals surface area contributed by atoms with E-state index in [1.54, 1.807) is 0 Å². The third-order valence-corrected chi connectivity index (χ3v) is 10.7. The van der Waals surface area contributed by atoms with E-state index in [2.05, 4.69) is 20.8 Å². The molecule has 4 fully saturated rings. The van der Waals surface area contributed by atoms with Gasteiger partial charge in [0.05, 0.1) is 12.2 Å². The standard InChI is InChI=1S/C26H44O4/c1-16(6-4-5-7-23(29)30)19-8-9-20-24-21(11-13-26(19,20)3)25(2)12-10-18(27)14-17(25)15-22(24)28/h16-22,24,27-28H,4-15H2,1-3H3,(H,29,30)/t16-,17?,18-,19-,20?,21?,22+,24?,25+,26-/m1/s1. The molecule has 30 heavy (non-hydrogen) atoms.